The minimum Gasteiger partial charge on any atom is -0.508 e. The highest BCUT2D eigenvalue weighted by Gasteiger charge is 2.36. The van der Waals surface area contributed by atoms with Gasteiger partial charge in [-0.2, -0.15) is 0 Å². The van der Waals surface area contributed by atoms with Crippen LogP contribution >= 0.6 is 0 Å². The van der Waals surface area contributed by atoms with Crippen molar-refractivity contribution in [1.82, 2.24) is 5.32 Å². The standard InChI is InChI=1S/C26H21N3O6/c1-16-5-2-3-8-22(16)27-23(31)15-35-20-7-4-6-17(13-20)14-21-24(32)28-26(34)29(25(21)33)18-9-11-19(30)12-10-18/h2-14,30H,15H2,1H3,(H,27,31)(H,28,32,34)/b21-14-. The van der Waals surface area contributed by atoms with E-state index in [1.807, 2.05) is 25.1 Å². The van der Waals surface area contributed by atoms with Crippen LogP contribution in [0.25, 0.3) is 6.08 Å². The van der Waals surface area contributed by atoms with Gasteiger partial charge in [-0.25, -0.2) is 9.69 Å². The number of barbiturate groups is 1. The van der Waals surface area contributed by atoms with Crippen LogP contribution in [0.3, 0.4) is 0 Å². The second-order valence-electron chi connectivity index (χ2n) is 7.70. The van der Waals surface area contributed by atoms with Crippen molar-refractivity contribution < 1.29 is 29.0 Å². The zero-order chi connectivity index (χ0) is 24.9. The Kier molecular flexibility index (Phi) is 6.59. The van der Waals surface area contributed by atoms with E-state index in [9.17, 15) is 24.3 Å². The Morgan fingerprint density at radius 3 is 2.51 bits per heavy atom. The molecule has 0 spiro atoms. The Balaban J connectivity index is 1.49. The molecule has 35 heavy (non-hydrogen) atoms. The van der Waals surface area contributed by atoms with Crippen LogP contribution in [0.2, 0.25) is 0 Å². The normalized spacial score (nSPS) is 14.6. The van der Waals surface area contributed by atoms with Gasteiger partial charge in [0.05, 0.1) is 5.69 Å². The molecule has 1 saturated heterocycles. The maximum Gasteiger partial charge on any atom is 0.335 e. The summed E-state index contributed by atoms with van der Waals surface area (Å²) in [6.45, 7) is 1.64. The average molecular weight is 471 g/mol. The molecule has 1 fully saturated rings. The van der Waals surface area contributed by atoms with Gasteiger partial charge < -0.3 is 15.2 Å². The van der Waals surface area contributed by atoms with Crippen molar-refractivity contribution in [2.75, 3.05) is 16.8 Å². The Labute approximate surface area is 200 Å². The topological polar surface area (TPSA) is 125 Å². The fourth-order valence-electron chi connectivity index (χ4n) is 3.40. The summed E-state index contributed by atoms with van der Waals surface area (Å²) in [5, 5.41) is 14.4. The number of phenols is 1. The van der Waals surface area contributed by atoms with Gasteiger partial charge in [0.25, 0.3) is 17.7 Å². The van der Waals surface area contributed by atoms with E-state index in [0.29, 0.717) is 17.0 Å². The van der Waals surface area contributed by atoms with Crippen molar-refractivity contribution in [1.29, 1.82) is 0 Å². The van der Waals surface area contributed by atoms with Crippen molar-refractivity contribution in [2.45, 2.75) is 6.92 Å². The minimum atomic E-state index is -0.889. The van der Waals surface area contributed by atoms with Gasteiger partial charge in [0.15, 0.2) is 6.61 Å². The van der Waals surface area contributed by atoms with Crippen LogP contribution in [-0.4, -0.2) is 35.5 Å². The van der Waals surface area contributed by atoms with Crippen LogP contribution < -0.4 is 20.3 Å². The lowest BCUT2D eigenvalue weighted by atomic mass is 10.1. The van der Waals surface area contributed by atoms with E-state index in [2.05, 4.69) is 10.6 Å². The number of anilines is 2. The van der Waals surface area contributed by atoms with Crippen LogP contribution in [-0.2, 0) is 14.4 Å². The summed E-state index contributed by atoms with van der Waals surface area (Å²) in [7, 11) is 0. The number of para-hydroxylation sites is 1. The molecule has 0 bridgehead atoms. The highest BCUT2D eigenvalue weighted by molar-refractivity contribution is 6.39. The Morgan fingerprint density at radius 1 is 1.03 bits per heavy atom. The molecule has 0 aromatic heterocycles. The highest BCUT2D eigenvalue weighted by Crippen LogP contribution is 2.24. The molecule has 0 saturated carbocycles. The largest absolute Gasteiger partial charge is 0.508 e. The van der Waals surface area contributed by atoms with Crippen molar-refractivity contribution in [3.8, 4) is 11.5 Å². The SMILES string of the molecule is Cc1ccccc1NC(=O)COc1cccc(/C=C2/C(=O)NC(=O)N(c3ccc(O)cc3)C2=O)c1. The first-order valence-electron chi connectivity index (χ1n) is 10.6. The van der Waals surface area contributed by atoms with E-state index in [1.165, 1.54) is 30.3 Å². The molecular formula is C26H21N3O6. The molecule has 5 amide bonds. The number of aryl methyl sites for hydroxylation is 1. The molecular weight excluding hydrogens is 450 g/mol. The van der Waals surface area contributed by atoms with Crippen LogP contribution in [0.5, 0.6) is 11.5 Å². The van der Waals surface area contributed by atoms with Gasteiger partial charge in [-0.05, 0) is 66.6 Å². The van der Waals surface area contributed by atoms with E-state index < -0.39 is 17.8 Å². The molecule has 1 heterocycles. The molecule has 1 aliphatic rings. The number of nitrogens with one attached hydrogen (secondary N) is 2. The van der Waals surface area contributed by atoms with Crippen LogP contribution in [0.4, 0.5) is 16.2 Å². The Bertz CT molecular complexity index is 1350. The summed E-state index contributed by atoms with van der Waals surface area (Å²) < 4.78 is 5.57. The number of phenolic OH excluding ortho intramolecular Hbond substituents is 1. The second kappa shape index (κ2) is 9.92. The maximum absolute atomic E-state index is 13.0. The molecule has 0 radical (unpaired) electrons. The summed E-state index contributed by atoms with van der Waals surface area (Å²) in [5.41, 5.74) is 2.01. The van der Waals surface area contributed by atoms with Gasteiger partial charge in [-0.3, -0.25) is 19.7 Å². The molecule has 0 atom stereocenters. The van der Waals surface area contributed by atoms with Gasteiger partial charge >= 0.3 is 6.03 Å². The van der Waals surface area contributed by atoms with Gasteiger partial charge in [0.2, 0.25) is 0 Å². The lowest BCUT2D eigenvalue weighted by Crippen LogP contribution is -2.54. The van der Waals surface area contributed by atoms with Crippen molar-refractivity contribution in [2.24, 2.45) is 0 Å². The number of aromatic hydroxyl groups is 1. The smallest absolute Gasteiger partial charge is 0.335 e. The summed E-state index contributed by atoms with van der Waals surface area (Å²) in [4.78, 5) is 50.7. The number of carbonyl (C=O) groups is 4. The molecule has 3 aromatic carbocycles. The highest BCUT2D eigenvalue weighted by atomic mass is 16.5. The Hall–Kier alpha value is -4.92. The van der Waals surface area contributed by atoms with Crippen molar-refractivity contribution in [3.63, 3.8) is 0 Å². The molecule has 4 rings (SSSR count). The third-order valence-corrected chi connectivity index (χ3v) is 5.17. The van der Waals surface area contributed by atoms with Crippen LogP contribution in [0.15, 0.2) is 78.4 Å². The summed E-state index contributed by atoms with van der Waals surface area (Å²) >= 11 is 0. The zero-order valence-corrected chi connectivity index (χ0v) is 18.6. The van der Waals surface area contributed by atoms with Crippen LogP contribution in [0.1, 0.15) is 11.1 Å². The van der Waals surface area contributed by atoms with Gasteiger partial charge in [-0.15, -0.1) is 0 Å². The fourth-order valence-corrected chi connectivity index (χ4v) is 3.40. The van der Waals surface area contributed by atoms with E-state index in [1.54, 1.807) is 30.3 Å². The third-order valence-electron chi connectivity index (χ3n) is 5.17. The number of amides is 5. The average Bonchev–Trinajstić information content (AvgIpc) is 2.83. The maximum atomic E-state index is 13.0. The summed E-state index contributed by atoms with van der Waals surface area (Å²) in [5.74, 6) is -1.66. The van der Waals surface area contributed by atoms with Crippen molar-refractivity contribution >= 4 is 41.2 Å². The summed E-state index contributed by atoms with van der Waals surface area (Å²) in [6.07, 6.45) is 1.33. The predicted molar refractivity (Wildman–Crippen MR) is 129 cm³/mol. The molecule has 9 heteroatoms. The molecule has 176 valence electrons. The molecule has 3 aromatic rings. The zero-order valence-electron chi connectivity index (χ0n) is 18.6. The summed E-state index contributed by atoms with van der Waals surface area (Å²) in [6, 6.07) is 18.4. The molecule has 1 aliphatic heterocycles. The van der Waals surface area contributed by atoms with Crippen molar-refractivity contribution in [3.05, 3.63) is 89.5 Å². The van der Waals surface area contributed by atoms with E-state index in [-0.39, 0.29) is 29.5 Å². The first-order valence-corrected chi connectivity index (χ1v) is 10.6. The number of nitrogens with zero attached hydrogens (tertiary/aromatic N) is 1. The van der Waals surface area contributed by atoms with E-state index in [0.717, 1.165) is 10.5 Å². The third kappa shape index (κ3) is 5.36. The number of rotatable bonds is 6. The van der Waals surface area contributed by atoms with Gasteiger partial charge in [-0.1, -0.05) is 30.3 Å². The minimum absolute atomic E-state index is 0.0325. The number of hydrogen-bond donors (Lipinski definition) is 3. The second-order valence-corrected chi connectivity index (χ2v) is 7.70. The fraction of sp³-hybridized carbons (Fsp3) is 0.0769. The Morgan fingerprint density at radius 2 is 1.77 bits per heavy atom. The van der Waals surface area contributed by atoms with Gasteiger partial charge in [0.1, 0.15) is 17.1 Å². The van der Waals surface area contributed by atoms with E-state index >= 15 is 0 Å². The first kappa shape index (κ1) is 23.2. The first-order chi connectivity index (χ1) is 16.8. The number of imide groups is 2. The number of hydrogen-bond acceptors (Lipinski definition) is 6. The van der Waals surface area contributed by atoms with E-state index in [4.69, 9.17) is 4.74 Å². The number of carbonyl (C=O) groups excluding carboxylic acids is 4. The molecule has 9 nitrogen and oxygen atoms in total. The molecule has 0 aliphatic carbocycles. The molecule has 0 unspecified atom stereocenters. The number of ether oxygens (including phenoxy) is 1. The lowest BCUT2D eigenvalue weighted by Gasteiger charge is -2.26. The lowest BCUT2D eigenvalue weighted by molar-refractivity contribution is -0.122. The monoisotopic (exact) mass is 471 g/mol. The van der Waals surface area contributed by atoms with Crippen LogP contribution in [0, 0.1) is 6.92 Å². The van der Waals surface area contributed by atoms with Gasteiger partial charge in [0, 0.05) is 5.69 Å². The predicted octanol–water partition coefficient (Wildman–Crippen LogP) is 3.38. The molecule has 3 N–H and O–H groups in total. The number of benzene rings is 3. The quantitative estimate of drug-likeness (QED) is 0.374. The number of urea groups is 1.